The van der Waals surface area contributed by atoms with Gasteiger partial charge in [-0.25, -0.2) is 9.59 Å². The molecular weight excluding hydrogens is 394 g/mol. The smallest absolute Gasteiger partial charge is 0.355 e. The summed E-state index contributed by atoms with van der Waals surface area (Å²) in [6.45, 7) is 2.67. The Morgan fingerprint density at radius 3 is 2.52 bits per heavy atom. The molecule has 0 fully saturated rings. The molecule has 1 heterocycles. The van der Waals surface area contributed by atoms with Crippen LogP contribution in [0.15, 0.2) is 36.0 Å². The molecule has 0 saturated carbocycles. The summed E-state index contributed by atoms with van der Waals surface area (Å²) in [4.78, 5) is 36.2. The van der Waals surface area contributed by atoms with Crippen molar-refractivity contribution in [3.63, 3.8) is 0 Å². The van der Waals surface area contributed by atoms with Gasteiger partial charge in [-0.15, -0.1) is 11.3 Å². The summed E-state index contributed by atoms with van der Waals surface area (Å²) in [5.41, 5.74) is 6.62. The highest BCUT2D eigenvalue weighted by Crippen LogP contribution is 2.32. The first-order valence-electron chi connectivity index (χ1n) is 8.57. The maximum Gasteiger partial charge on any atom is 0.355 e. The fourth-order valence-electron chi connectivity index (χ4n) is 2.37. The van der Waals surface area contributed by atoms with Crippen LogP contribution in [0.2, 0.25) is 0 Å². The molecule has 0 spiro atoms. The van der Waals surface area contributed by atoms with Gasteiger partial charge in [0, 0.05) is 12.5 Å². The van der Waals surface area contributed by atoms with Crippen LogP contribution in [-0.2, 0) is 25.7 Å². The lowest BCUT2D eigenvalue weighted by Gasteiger charge is -2.10. The molecule has 1 aromatic heterocycles. The minimum absolute atomic E-state index is 0.0546. The van der Waals surface area contributed by atoms with Gasteiger partial charge in [-0.3, -0.25) is 4.79 Å². The molecule has 0 atom stereocenters. The quantitative estimate of drug-likeness (QED) is 0.527. The lowest BCUT2D eigenvalue weighted by Crippen LogP contribution is -2.26. The van der Waals surface area contributed by atoms with Gasteiger partial charge in [-0.1, -0.05) is 30.3 Å². The second kappa shape index (κ2) is 10.1. The molecule has 9 heteroatoms. The summed E-state index contributed by atoms with van der Waals surface area (Å²) >= 11 is 0.892. The van der Waals surface area contributed by atoms with Crippen LogP contribution in [0.4, 0.5) is 5.00 Å². The third-order valence-corrected chi connectivity index (χ3v) is 4.64. The van der Waals surface area contributed by atoms with E-state index in [-0.39, 0.29) is 39.9 Å². The number of nitrogens with one attached hydrogen (secondary N) is 1. The Morgan fingerprint density at radius 2 is 1.93 bits per heavy atom. The maximum atomic E-state index is 12.5. The first kappa shape index (κ1) is 21.7. The third kappa shape index (κ3) is 5.67. The van der Waals surface area contributed by atoms with Crippen molar-refractivity contribution in [2.24, 2.45) is 0 Å². The van der Waals surface area contributed by atoms with E-state index in [0.29, 0.717) is 5.56 Å². The van der Waals surface area contributed by atoms with Crippen LogP contribution >= 0.6 is 11.3 Å². The number of hydrogen-bond acceptors (Lipinski definition) is 8. The zero-order valence-corrected chi connectivity index (χ0v) is 16.7. The van der Waals surface area contributed by atoms with Crippen molar-refractivity contribution in [1.82, 2.24) is 5.32 Å². The number of carbonyl (C=O) groups excluding carboxylic acids is 3. The highest BCUT2D eigenvalue weighted by atomic mass is 32.1. The molecule has 0 saturated heterocycles. The number of nitriles is 1. The zero-order valence-electron chi connectivity index (χ0n) is 15.9. The third-order valence-electron chi connectivity index (χ3n) is 3.60. The number of ether oxygens (including phenoxy) is 2. The average Bonchev–Trinajstić information content (AvgIpc) is 3.01. The first-order valence-corrected chi connectivity index (χ1v) is 9.38. The molecule has 0 unspecified atom stereocenters. The van der Waals surface area contributed by atoms with Gasteiger partial charge in [0.2, 0.25) is 5.91 Å². The van der Waals surface area contributed by atoms with Gasteiger partial charge in [-0.05, 0) is 18.6 Å². The van der Waals surface area contributed by atoms with Gasteiger partial charge in [-0.2, -0.15) is 5.26 Å². The van der Waals surface area contributed by atoms with Crippen LogP contribution in [0.3, 0.4) is 0 Å². The van der Waals surface area contributed by atoms with Crippen LogP contribution in [0.25, 0.3) is 6.08 Å². The molecule has 1 amide bonds. The number of hydrogen-bond donors (Lipinski definition) is 2. The summed E-state index contributed by atoms with van der Waals surface area (Å²) in [5.74, 6) is -1.93. The fourth-order valence-corrected chi connectivity index (χ4v) is 3.29. The molecule has 0 radical (unpaired) electrons. The fraction of sp³-hybridized carbons (Fsp3) is 0.200. The van der Waals surface area contributed by atoms with E-state index in [0.717, 1.165) is 11.3 Å². The molecule has 29 heavy (non-hydrogen) atoms. The number of benzene rings is 1. The molecule has 0 aliphatic heterocycles. The van der Waals surface area contributed by atoms with Gasteiger partial charge in [0.1, 0.15) is 28.3 Å². The highest BCUT2D eigenvalue weighted by molar-refractivity contribution is 7.18. The second-order valence-corrected chi connectivity index (χ2v) is 6.76. The van der Waals surface area contributed by atoms with E-state index in [1.807, 2.05) is 12.1 Å². The predicted octanol–water partition coefficient (Wildman–Crippen LogP) is 2.60. The summed E-state index contributed by atoms with van der Waals surface area (Å²) < 4.78 is 10.2. The lowest BCUT2D eigenvalue weighted by atomic mass is 10.1. The number of esters is 2. The minimum atomic E-state index is -0.826. The maximum absolute atomic E-state index is 12.5. The first-order chi connectivity index (χ1) is 13.9. The average molecular weight is 413 g/mol. The summed E-state index contributed by atoms with van der Waals surface area (Å²) in [7, 11) is 0. The molecular formula is C20H19N3O5S. The van der Waals surface area contributed by atoms with E-state index in [4.69, 9.17) is 15.2 Å². The van der Waals surface area contributed by atoms with Gasteiger partial charge in [0.05, 0.1) is 12.2 Å². The van der Waals surface area contributed by atoms with E-state index in [1.165, 1.54) is 13.0 Å². The number of nitrogens with zero attached hydrogens (tertiary/aromatic N) is 1. The molecule has 8 nitrogen and oxygen atoms in total. The Bertz CT molecular complexity index is 990. The van der Waals surface area contributed by atoms with E-state index in [9.17, 15) is 19.6 Å². The lowest BCUT2D eigenvalue weighted by molar-refractivity contribution is -0.141. The van der Waals surface area contributed by atoms with E-state index < -0.39 is 17.8 Å². The molecule has 2 aromatic rings. The molecule has 0 aliphatic carbocycles. The number of anilines is 1. The van der Waals surface area contributed by atoms with Crippen LogP contribution in [-0.4, -0.2) is 24.5 Å². The van der Waals surface area contributed by atoms with Crippen molar-refractivity contribution < 1.29 is 23.9 Å². The molecule has 0 aliphatic rings. The molecule has 150 valence electrons. The Balaban J connectivity index is 2.28. The molecule has 3 N–H and O–H groups in total. The van der Waals surface area contributed by atoms with Gasteiger partial charge in [0.25, 0.3) is 0 Å². The number of thiophene rings is 1. The second-order valence-electron chi connectivity index (χ2n) is 5.71. The number of nitrogens with two attached hydrogens (primary N) is 1. The van der Waals surface area contributed by atoms with Crippen molar-refractivity contribution in [3.05, 3.63) is 57.6 Å². The SMILES string of the molecule is CCOC(=O)c1sc(N)c(C#N)c1COC(=O)/C(=C/c1ccccc1)NC(C)=O. The molecule has 1 aromatic carbocycles. The van der Waals surface area contributed by atoms with Crippen LogP contribution in [0, 0.1) is 11.3 Å². The monoisotopic (exact) mass is 413 g/mol. The zero-order chi connectivity index (χ0) is 21.4. The largest absolute Gasteiger partial charge is 0.462 e. The van der Waals surface area contributed by atoms with Gasteiger partial charge >= 0.3 is 11.9 Å². The number of rotatable bonds is 7. The summed E-state index contributed by atoms with van der Waals surface area (Å²) in [6.07, 6.45) is 1.46. The van der Waals surface area contributed by atoms with Crippen molar-refractivity contribution in [3.8, 4) is 6.07 Å². The van der Waals surface area contributed by atoms with Crippen molar-refractivity contribution >= 4 is 40.3 Å². The number of amides is 1. The van der Waals surface area contributed by atoms with Gasteiger partial charge < -0.3 is 20.5 Å². The molecule has 0 bridgehead atoms. The van der Waals surface area contributed by atoms with Gasteiger partial charge in [0.15, 0.2) is 0 Å². The van der Waals surface area contributed by atoms with Crippen molar-refractivity contribution in [2.45, 2.75) is 20.5 Å². The van der Waals surface area contributed by atoms with Crippen molar-refractivity contribution in [1.29, 1.82) is 5.26 Å². The molecule has 2 rings (SSSR count). The Morgan fingerprint density at radius 1 is 1.24 bits per heavy atom. The van der Waals surface area contributed by atoms with Crippen LogP contribution in [0.5, 0.6) is 0 Å². The van der Waals surface area contributed by atoms with E-state index in [1.54, 1.807) is 31.2 Å². The topological polar surface area (TPSA) is 132 Å². The highest BCUT2D eigenvalue weighted by Gasteiger charge is 2.24. The van der Waals surface area contributed by atoms with Crippen LogP contribution < -0.4 is 11.1 Å². The normalized spacial score (nSPS) is 10.7. The standard InChI is InChI=1S/C20H19N3O5S/c1-3-27-20(26)17-15(14(10-21)18(22)29-17)11-28-19(25)16(23-12(2)24)9-13-7-5-4-6-8-13/h4-9H,3,11,22H2,1-2H3,(H,23,24)/b16-9-. The Kier molecular flexibility index (Phi) is 7.51. The number of nitrogen functional groups attached to an aromatic ring is 1. The minimum Gasteiger partial charge on any atom is -0.462 e. The number of carbonyl (C=O) groups is 3. The van der Waals surface area contributed by atoms with Crippen LogP contribution in [0.1, 0.15) is 40.2 Å². The Hall–Kier alpha value is -3.64. The summed E-state index contributed by atoms with van der Waals surface area (Å²) in [5, 5.41) is 11.9. The van der Waals surface area contributed by atoms with Crippen molar-refractivity contribution in [2.75, 3.05) is 12.3 Å². The van der Waals surface area contributed by atoms with E-state index in [2.05, 4.69) is 5.32 Å². The Labute approximate surface area is 171 Å². The van der Waals surface area contributed by atoms with E-state index >= 15 is 0 Å². The predicted molar refractivity (Wildman–Crippen MR) is 107 cm³/mol. The summed E-state index contributed by atoms with van der Waals surface area (Å²) in [6, 6.07) is 10.8.